The molecule has 0 saturated carbocycles. The van der Waals surface area contributed by atoms with Crippen molar-refractivity contribution in [2.45, 2.75) is 38.5 Å². The van der Waals surface area contributed by atoms with E-state index in [1.165, 1.54) is 32.1 Å². The van der Waals surface area contributed by atoms with Crippen LogP contribution in [0.3, 0.4) is 0 Å². The number of nitrogens with zero attached hydrogens (tertiary/aromatic N) is 2. The third-order valence-electron chi connectivity index (χ3n) is 4.25. The minimum absolute atomic E-state index is 0.0233. The molecule has 2 saturated heterocycles. The van der Waals surface area contributed by atoms with Crippen LogP contribution in [0, 0.1) is 0 Å². The van der Waals surface area contributed by atoms with Crippen molar-refractivity contribution in [1.82, 2.24) is 20.4 Å². The summed E-state index contributed by atoms with van der Waals surface area (Å²) < 4.78 is 0. The molecular weight excluding hydrogens is 268 g/mol. The van der Waals surface area contributed by atoms with Crippen molar-refractivity contribution < 1.29 is 9.59 Å². The molecule has 0 radical (unpaired) electrons. The predicted octanol–water partition coefficient (Wildman–Crippen LogP) is 0.784. The summed E-state index contributed by atoms with van der Waals surface area (Å²) in [7, 11) is 0. The first-order valence-corrected chi connectivity index (χ1v) is 8.27. The van der Waals surface area contributed by atoms with Crippen LogP contribution in [-0.4, -0.2) is 67.6 Å². The summed E-state index contributed by atoms with van der Waals surface area (Å²) in [4.78, 5) is 27.3. The van der Waals surface area contributed by atoms with Crippen LogP contribution in [0.2, 0.25) is 0 Å². The van der Waals surface area contributed by atoms with Crippen LogP contribution in [-0.2, 0) is 4.79 Å². The van der Waals surface area contributed by atoms with E-state index in [0.717, 1.165) is 26.2 Å². The fourth-order valence-corrected chi connectivity index (χ4v) is 2.94. The maximum absolute atomic E-state index is 11.8. The summed E-state index contributed by atoms with van der Waals surface area (Å²) in [6, 6.07) is -0.0233. The smallest absolute Gasteiger partial charge is 0.317 e. The molecule has 0 aromatic carbocycles. The van der Waals surface area contributed by atoms with Gasteiger partial charge in [-0.25, -0.2) is 4.79 Å². The number of nitrogens with one attached hydrogen (secondary N) is 2. The topological polar surface area (TPSA) is 64.7 Å². The van der Waals surface area contributed by atoms with E-state index >= 15 is 0 Å². The van der Waals surface area contributed by atoms with E-state index in [1.807, 2.05) is 0 Å². The van der Waals surface area contributed by atoms with Crippen LogP contribution < -0.4 is 10.6 Å². The highest BCUT2D eigenvalue weighted by Gasteiger charge is 2.18. The first kappa shape index (κ1) is 16.1. The van der Waals surface area contributed by atoms with Gasteiger partial charge in [0.2, 0.25) is 5.91 Å². The highest BCUT2D eigenvalue weighted by molar-refractivity contribution is 5.77. The fourth-order valence-electron chi connectivity index (χ4n) is 2.94. The molecule has 2 aliphatic rings. The van der Waals surface area contributed by atoms with Crippen molar-refractivity contribution in [2.75, 3.05) is 45.8 Å². The molecule has 0 aliphatic carbocycles. The lowest BCUT2D eigenvalue weighted by Crippen LogP contribution is -2.38. The summed E-state index contributed by atoms with van der Waals surface area (Å²) >= 11 is 0. The standard InChI is InChI=1S/C15H28N4O2/c20-14(16-7-12-19-13-8-17-15(19)21)6-11-18-9-4-2-1-3-5-10-18/h1-13H2,(H,16,20)(H,17,21). The SMILES string of the molecule is O=C(CCN1CCCCCCC1)NCCN1CCNC1=O. The first-order valence-electron chi connectivity index (χ1n) is 8.27. The lowest BCUT2D eigenvalue weighted by molar-refractivity contribution is -0.121. The molecule has 0 bridgehead atoms. The van der Waals surface area contributed by atoms with Gasteiger partial charge in [-0.2, -0.15) is 0 Å². The molecule has 2 N–H and O–H groups in total. The van der Waals surface area contributed by atoms with Gasteiger partial charge in [0.15, 0.2) is 0 Å². The Labute approximate surface area is 127 Å². The molecule has 120 valence electrons. The molecule has 0 spiro atoms. The molecule has 2 heterocycles. The maximum Gasteiger partial charge on any atom is 0.317 e. The molecule has 6 nitrogen and oxygen atoms in total. The Kier molecular flexibility index (Phi) is 6.79. The van der Waals surface area contributed by atoms with Crippen molar-refractivity contribution in [2.24, 2.45) is 0 Å². The number of carbonyl (C=O) groups is 2. The van der Waals surface area contributed by atoms with Crippen LogP contribution >= 0.6 is 0 Å². The summed E-state index contributed by atoms with van der Waals surface area (Å²) in [5, 5.41) is 5.66. The average molecular weight is 296 g/mol. The first-order chi connectivity index (χ1) is 10.3. The van der Waals surface area contributed by atoms with Crippen molar-refractivity contribution in [1.29, 1.82) is 0 Å². The molecule has 6 heteroatoms. The average Bonchev–Trinajstić information content (AvgIpc) is 2.83. The van der Waals surface area contributed by atoms with E-state index in [1.54, 1.807) is 4.90 Å². The maximum atomic E-state index is 11.8. The van der Waals surface area contributed by atoms with Gasteiger partial charge in [-0.3, -0.25) is 4.79 Å². The number of likely N-dealkylation sites (tertiary alicyclic amines) is 1. The van der Waals surface area contributed by atoms with Gasteiger partial charge >= 0.3 is 6.03 Å². The predicted molar refractivity (Wildman–Crippen MR) is 82.1 cm³/mol. The minimum Gasteiger partial charge on any atom is -0.354 e. The highest BCUT2D eigenvalue weighted by atomic mass is 16.2. The number of hydrogen-bond acceptors (Lipinski definition) is 3. The van der Waals surface area contributed by atoms with Crippen LogP contribution in [0.25, 0.3) is 0 Å². The van der Waals surface area contributed by atoms with E-state index in [2.05, 4.69) is 15.5 Å². The van der Waals surface area contributed by atoms with E-state index < -0.39 is 0 Å². The minimum atomic E-state index is -0.0233. The Hall–Kier alpha value is -1.30. The summed E-state index contributed by atoms with van der Waals surface area (Å²) in [6.07, 6.45) is 7.07. The number of carbonyl (C=O) groups excluding carboxylic acids is 2. The zero-order chi connectivity index (χ0) is 14.9. The number of hydrogen-bond donors (Lipinski definition) is 2. The molecule has 3 amide bonds. The largest absolute Gasteiger partial charge is 0.354 e. The molecular formula is C15H28N4O2. The molecule has 0 aromatic rings. The van der Waals surface area contributed by atoms with E-state index in [9.17, 15) is 9.59 Å². The Bertz CT molecular complexity index is 341. The number of amides is 3. The molecule has 2 rings (SSSR count). The molecule has 0 unspecified atom stereocenters. The van der Waals surface area contributed by atoms with E-state index in [4.69, 9.17) is 0 Å². The second-order valence-electron chi connectivity index (χ2n) is 5.93. The lowest BCUT2D eigenvalue weighted by Gasteiger charge is -2.24. The third kappa shape index (κ3) is 5.91. The second-order valence-corrected chi connectivity index (χ2v) is 5.93. The van der Waals surface area contributed by atoms with Crippen LogP contribution in [0.4, 0.5) is 4.79 Å². The van der Waals surface area contributed by atoms with Gasteiger partial charge in [0.25, 0.3) is 0 Å². The Balaban J connectivity index is 1.55. The summed E-state index contributed by atoms with van der Waals surface area (Å²) in [5.74, 6) is 0.0941. The molecule has 2 fully saturated rings. The number of urea groups is 1. The van der Waals surface area contributed by atoms with E-state index in [-0.39, 0.29) is 11.9 Å². The molecule has 2 aliphatic heterocycles. The van der Waals surface area contributed by atoms with Crippen molar-refractivity contribution in [3.63, 3.8) is 0 Å². The Morgan fingerprint density at radius 2 is 1.76 bits per heavy atom. The van der Waals surface area contributed by atoms with Gasteiger partial charge in [0.1, 0.15) is 0 Å². The van der Waals surface area contributed by atoms with Crippen molar-refractivity contribution in [3.8, 4) is 0 Å². The normalized spacial score (nSPS) is 20.8. The third-order valence-corrected chi connectivity index (χ3v) is 4.25. The van der Waals surface area contributed by atoms with Gasteiger partial charge in [-0.15, -0.1) is 0 Å². The molecule has 0 aromatic heterocycles. The number of rotatable bonds is 6. The van der Waals surface area contributed by atoms with Crippen molar-refractivity contribution in [3.05, 3.63) is 0 Å². The fraction of sp³-hybridized carbons (Fsp3) is 0.867. The summed E-state index contributed by atoms with van der Waals surface area (Å²) in [5.41, 5.74) is 0. The monoisotopic (exact) mass is 296 g/mol. The zero-order valence-electron chi connectivity index (χ0n) is 12.9. The quantitative estimate of drug-likeness (QED) is 0.761. The Morgan fingerprint density at radius 3 is 2.43 bits per heavy atom. The van der Waals surface area contributed by atoms with Crippen LogP contribution in [0.5, 0.6) is 0 Å². The summed E-state index contributed by atoms with van der Waals surface area (Å²) in [6.45, 7) is 5.70. The van der Waals surface area contributed by atoms with Crippen LogP contribution in [0.15, 0.2) is 0 Å². The van der Waals surface area contributed by atoms with Gasteiger partial charge in [-0.05, 0) is 25.9 Å². The Morgan fingerprint density at radius 1 is 1.05 bits per heavy atom. The lowest BCUT2D eigenvalue weighted by atomic mass is 10.1. The van der Waals surface area contributed by atoms with Crippen LogP contribution in [0.1, 0.15) is 38.5 Å². The van der Waals surface area contributed by atoms with Gasteiger partial charge in [-0.1, -0.05) is 19.3 Å². The molecule has 21 heavy (non-hydrogen) atoms. The zero-order valence-corrected chi connectivity index (χ0v) is 12.9. The van der Waals surface area contributed by atoms with Gasteiger partial charge < -0.3 is 20.4 Å². The van der Waals surface area contributed by atoms with Gasteiger partial charge in [0, 0.05) is 39.1 Å². The second kappa shape index (κ2) is 8.87. The van der Waals surface area contributed by atoms with Gasteiger partial charge in [0.05, 0.1) is 0 Å². The molecule has 0 atom stereocenters. The highest BCUT2D eigenvalue weighted by Crippen LogP contribution is 2.10. The van der Waals surface area contributed by atoms with E-state index in [0.29, 0.717) is 26.1 Å². The van der Waals surface area contributed by atoms with Crippen molar-refractivity contribution >= 4 is 11.9 Å².